The number of hydrogen-bond donors (Lipinski definition) is 5. The second kappa shape index (κ2) is 7.78. The maximum absolute atomic E-state index is 10.3. The highest BCUT2D eigenvalue weighted by Gasteiger charge is 2.44. The minimum absolute atomic E-state index is 0.148. The number of nitrogens with zero attached hydrogens (tertiary/aromatic N) is 4. The van der Waals surface area contributed by atoms with Crippen LogP contribution in [0.15, 0.2) is 43.0 Å². The number of ether oxygens (including phenoxy) is 1. The number of aliphatic hydroxyl groups excluding tert-OH is 4. The summed E-state index contributed by atoms with van der Waals surface area (Å²) in [5.74, 6) is 0.415. The first-order valence-electron chi connectivity index (χ1n) is 8.86. The SMILES string of the molecule is OC[C@H](Nc1ncnc2c1ncn2[C@@H]1O[C@H](CO)[C@H](O)C1O)c1ccccc1. The number of imidazole rings is 1. The maximum atomic E-state index is 10.3. The van der Waals surface area contributed by atoms with Crippen LogP contribution >= 0.6 is 0 Å². The Labute approximate surface area is 160 Å². The van der Waals surface area contributed by atoms with Gasteiger partial charge in [0.25, 0.3) is 0 Å². The van der Waals surface area contributed by atoms with Crippen molar-refractivity contribution in [3.63, 3.8) is 0 Å². The average Bonchev–Trinajstić information content (AvgIpc) is 3.28. The lowest BCUT2D eigenvalue weighted by molar-refractivity contribution is -0.0511. The molecule has 10 nitrogen and oxygen atoms in total. The molecular weight excluding hydrogens is 366 g/mol. The number of aromatic nitrogens is 4. The first-order chi connectivity index (χ1) is 13.6. The molecule has 28 heavy (non-hydrogen) atoms. The molecule has 2 aromatic heterocycles. The minimum atomic E-state index is -1.24. The van der Waals surface area contributed by atoms with Crippen LogP contribution in [0.2, 0.25) is 0 Å². The first kappa shape index (κ1) is 18.7. The summed E-state index contributed by atoms with van der Waals surface area (Å²) in [5, 5.41) is 42.5. The molecular formula is C18H21N5O5. The van der Waals surface area contributed by atoms with Crippen LogP contribution in [-0.2, 0) is 4.74 Å². The van der Waals surface area contributed by atoms with Gasteiger partial charge in [-0.3, -0.25) is 4.57 Å². The Morgan fingerprint density at radius 3 is 2.54 bits per heavy atom. The number of hydrogen-bond acceptors (Lipinski definition) is 9. The van der Waals surface area contributed by atoms with Gasteiger partial charge in [0.2, 0.25) is 0 Å². The van der Waals surface area contributed by atoms with Gasteiger partial charge in [-0.2, -0.15) is 0 Å². The molecule has 1 aliphatic rings. The molecule has 1 aromatic carbocycles. The van der Waals surface area contributed by atoms with Crippen molar-refractivity contribution >= 4 is 17.0 Å². The van der Waals surface area contributed by atoms with Crippen molar-refractivity contribution in [3.05, 3.63) is 48.5 Å². The van der Waals surface area contributed by atoms with E-state index in [1.165, 1.54) is 17.2 Å². The molecule has 0 bridgehead atoms. The van der Waals surface area contributed by atoms with E-state index in [0.717, 1.165) is 5.56 Å². The summed E-state index contributed by atoms with van der Waals surface area (Å²) in [5.41, 5.74) is 1.70. The molecule has 5 N–H and O–H groups in total. The summed E-state index contributed by atoms with van der Waals surface area (Å²) in [6.45, 7) is -0.566. The van der Waals surface area contributed by atoms with Crippen molar-refractivity contribution in [1.82, 2.24) is 19.5 Å². The molecule has 1 unspecified atom stereocenters. The van der Waals surface area contributed by atoms with Crippen molar-refractivity contribution in [2.45, 2.75) is 30.6 Å². The number of benzene rings is 1. The molecule has 10 heteroatoms. The summed E-state index contributed by atoms with van der Waals surface area (Å²) in [7, 11) is 0. The van der Waals surface area contributed by atoms with Crippen molar-refractivity contribution in [2.75, 3.05) is 18.5 Å². The third-order valence-electron chi connectivity index (χ3n) is 4.85. The van der Waals surface area contributed by atoms with Crippen LogP contribution in [0, 0.1) is 0 Å². The Balaban J connectivity index is 1.66. The highest BCUT2D eigenvalue weighted by atomic mass is 16.6. The van der Waals surface area contributed by atoms with E-state index < -0.39 is 37.2 Å². The lowest BCUT2D eigenvalue weighted by atomic mass is 10.1. The number of fused-ring (bicyclic) bond motifs is 1. The van der Waals surface area contributed by atoms with Crippen LogP contribution in [0.1, 0.15) is 17.8 Å². The van der Waals surface area contributed by atoms with Gasteiger partial charge >= 0.3 is 0 Å². The lowest BCUT2D eigenvalue weighted by Gasteiger charge is -2.18. The van der Waals surface area contributed by atoms with Gasteiger partial charge in [-0.15, -0.1) is 0 Å². The van der Waals surface area contributed by atoms with Crippen LogP contribution in [0.3, 0.4) is 0 Å². The topological polar surface area (TPSA) is 146 Å². The molecule has 1 aliphatic heterocycles. The maximum Gasteiger partial charge on any atom is 0.167 e. The summed E-state index contributed by atoms with van der Waals surface area (Å²) < 4.78 is 7.04. The lowest BCUT2D eigenvalue weighted by Crippen LogP contribution is -2.33. The molecule has 3 aromatic rings. The fourth-order valence-electron chi connectivity index (χ4n) is 3.34. The zero-order valence-corrected chi connectivity index (χ0v) is 14.8. The molecule has 3 heterocycles. The van der Waals surface area contributed by atoms with Gasteiger partial charge in [0.1, 0.15) is 24.6 Å². The second-order valence-corrected chi connectivity index (χ2v) is 6.57. The Kier molecular flexibility index (Phi) is 5.20. The van der Waals surface area contributed by atoms with E-state index >= 15 is 0 Å². The van der Waals surface area contributed by atoms with Crippen LogP contribution in [0.4, 0.5) is 5.82 Å². The van der Waals surface area contributed by atoms with Gasteiger partial charge < -0.3 is 30.5 Å². The zero-order chi connectivity index (χ0) is 19.7. The molecule has 1 saturated heterocycles. The van der Waals surface area contributed by atoms with E-state index in [0.29, 0.717) is 17.0 Å². The predicted molar refractivity (Wildman–Crippen MR) is 98.2 cm³/mol. The summed E-state index contributed by atoms with van der Waals surface area (Å²) >= 11 is 0. The molecule has 1 fully saturated rings. The first-order valence-corrected chi connectivity index (χ1v) is 8.86. The van der Waals surface area contributed by atoms with E-state index in [9.17, 15) is 20.4 Å². The molecule has 0 amide bonds. The normalized spacial score (nSPS) is 25.9. The molecule has 0 aliphatic carbocycles. The monoisotopic (exact) mass is 387 g/mol. The molecule has 0 saturated carbocycles. The third kappa shape index (κ3) is 3.21. The smallest absolute Gasteiger partial charge is 0.167 e. The molecule has 0 spiro atoms. The Morgan fingerprint density at radius 2 is 1.86 bits per heavy atom. The molecule has 5 atom stereocenters. The fraction of sp³-hybridized carbons (Fsp3) is 0.389. The molecule has 148 valence electrons. The van der Waals surface area contributed by atoms with E-state index in [4.69, 9.17) is 4.74 Å². The quantitative estimate of drug-likeness (QED) is 0.381. The van der Waals surface area contributed by atoms with Gasteiger partial charge in [0.15, 0.2) is 23.2 Å². The van der Waals surface area contributed by atoms with E-state index in [1.807, 2.05) is 30.3 Å². The van der Waals surface area contributed by atoms with Gasteiger partial charge in [-0.25, -0.2) is 15.0 Å². The largest absolute Gasteiger partial charge is 0.394 e. The molecule has 4 rings (SSSR count). The number of aliphatic hydroxyl groups is 4. The van der Waals surface area contributed by atoms with Crippen LogP contribution in [-0.4, -0.2) is 71.5 Å². The molecule has 0 radical (unpaired) electrons. The highest BCUT2D eigenvalue weighted by molar-refractivity contribution is 5.83. The highest BCUT2D eigenvalue weighted by Crippen LogP contribution is 2.32. The Bertz CT molecular complexity index is 937. The van der Waals surface area contributed by atoms with Crippen LogP contribution < -0.4 is 5.32 Å². The zero-order valence-electron chi connectivity index (χ0n) is 14.8. The summed E-state index contributed by atoms with van der Waals surface area (Å²) in [6, 6.07) is 9.05. The fourth-order valence-corrected chi connectivity index (χ4v) is 3.34. The van der Waals surface area contributed by atoms with Gasteiger partial charge in [0, 0.05) is 0 Å². The van der Waals surface area contributed by atoms with Crippen LogP contribution in [0.25, 0.3) is 11.2 Å². The van der Waals surface area contributed by atoms with Gasteiger partial charge in [-0.1, -0.05) is 30.3 Å². The van der Waals surface area contributed by atoms with E-state index in [1.54, 1.807) is 0 Å². The van der Waals surface area contributed by atoms with E-state index in [2.05, 4.69) is 20.3 Å². The number of rotatable bonds is 6. The van der Waals surface area contributed by atoms with E-state index in [-0.39, 0.29) is 6.61 Å². The minimum Gasteiger partial charge on any atom is -0.394 e. The summed E-state index contributed by atoms with van der Waals surface area (Å²) in [4.78, 5) is 12.8. The Morgan fingerprint density at radius 1 is 1.07 bits per heavy atom. The van der Waals surface area contributed by atoms with Crippen LogP contribution in [0.5, 0.6) is 0 Å². The van der Waals surface area contributed by atoms with Gasteiger partial charge in [-0.05, 0) is 5.56 Å². The van der Waals surface area contributed by atoms with Crippen molar-refractivity contribution < 1.29 is 25.2 Å². The number of anilines is 1. The van der Waals surface area contributed by atoms with Gasteiger partial charge in [0.05, 0.1) is 25.6 Å². The predicted octanol–water partition coefficient (Wildman–Crippen LogP) is -0.417. The summed E-state index contributed by atoms with van der Waals surface area (Å²) in [6.07, 6.45) is -1.53. The van der Waals surface area contributed by atoms with Crippen molar-refractivity contribution in [1.29, 1.82) is 0 Å². The standard InChI is InChI=1S/C18H21N5O5/c24-6-11(10-4-2-1-3-5-10)22-16-13-17(20-8-19-16)23(9-21-13)18-15(27)14(26)12(7-25)28-18/h1-5,8-9,11-12,14-15,18,24-27H,6-7H2,(H,19,20,22)/t11-,12+,14-,15?,18+/m0/s1. The Hall–Kier alpha value is -2.63. The number of nitrogens with one attached hydrogen (secondary N) is 1. The van der Waals surface area contributed by atoms with Crippen molar-refractivity contribution in [3.8, 4) is 0 Å². The van der Waals surface area contributed by atoms with Crippen molar-refractivity contribution in [2.24, 2.45) is 0 Å². The average molecular weight is 387 g/mol. The second-order valence-electron chi connectivity index (χ2n) is 6.57. The third-order valence-corrected chi connectivity index (χ3v) is 4.85.